The molecule has 0 aromatic heterocycles. The van der Waals surface area contributed by atoms with Crippen LogP contribution in [-0.4, -0.2) is 55.2 Å². The Morgan fingerprint density at radius 2 is 1.85 bits per heavy atom. The zero-order chi connectivity index (χ0) is 25.3. The quantitative estimate of drug-likeness (QED) is 0.424. The van der Waals surface area contributed by atoms with Crippen molar-refractivity contribution in [2.45, 2.75) is 31.8 Å². The molecule has 184 valence electrons. The van der Waals surface area contributed by atoms with E-state index >= 15 is 0 Å². The van der Waals surface area contributed by atoms with Crippen molar-refractivity contribution in [3.8, 4) is 5.75 Å². The number of rotatable bonds is 9. The molecule has 2 rings (SSSR count). The molecule has 0 spiro atoms. The summed E-state index contributed by atoms with van der Waals surface area (Å²) in [5.74, 6) is -1.97. The molecule has 1 aromatic rings. The van der Waals surface area contributed by atoms with Crippen LogP contribution in [0.15, 0.2) is 72.0 Å². The molecular weight excluding hydrogens is 455 g/mol. The number of hydrogen-bond acceptors (Lipinski definition) is 7. The van der Waals surface area contributed by atoms with Gasteiger partial charge < -0.3 is 24.2 Å². The fraction of sp³-hybridized carbons (Fsp3) is 0.333. The largest absolute Gasteiger partial charge is 0.573 e. The monoisotopic (exact) mass is 481 g/mol. The standard InChI is InChI=1S/C24H26F3NO6/c1-4-18-11-16(8-6-10-29)13-20(22(30)32-2)21(23(31)33-3)15-28(18)14-17-7-5-9-19(12-17)34-24(25,26)27/h4-5,7,9,11-13,15,18,29H,1,6,8,10,14H2,2-3H3. The molecule has 1 aromatic carbocycles. The third-order valence-electron chi connectivity index (χ3n) is 4.86. The van der Waals surface area contributed by atoms with E-state index in [1.807, 2.05) is 0 Å². The van der Waals surface area contributed by atoms with E-state index in [9.17, 15) is 27.9 Å². The molecule has 7 nitrogen and oxygen atoms in total. The Morgan fingerprint density at radius 3 is 2.44 bits per heavy atom. The van der Waals surface area contributed by atoms with Gasteiger partial charge in [0.1, 0.15) is 5.75 Å². The number of carbonyl (C=O) groups excluding carboxylic acids is 2. The van der Waals surface area contributed by atoms with Crippen molar-refractivity contribution in [3.05, 3.63) is 77.6 Å². The van der Waals surface area contributed by atoms with Gasteiger partial charge in [0.05, 0.1) is 31.4 Å². The molecule has 1 heterocycles. The van der Waals surface area contributed by atoms with Crippen LogP contribution in [0, 0.1) is 0 Å². The lowest BCUT2D eigenvalue weighted by Gasteiger charge is -2.30. The van der Waals surface area contributed by atoms with Crippen molar-refractivity contribution < 1.29 is 42.1 Å². The minimum Gasteiger partial charge on any atom is -0.465 e. The predicted molar refractivity (Wildman–Crippen MR) is 117 cm³/mol. The molecule has 10 heteroatoms. The Balaban J connectivity index is 2.59. The Morgan fingerprint density at radius 1 is 1.18 bits per heavy atom. The number of aliphatic hydroxyl groups is 1. The molecule has 1 aliphatic rings. The molecule has 0 saturated carbocycles. The predicted octanol–water partition coefficient (Wildman–Crippen LogP) is 3.81. The third-order valence-corrected chi connectivity index (χ3v) is 4.86. The Labute approximate surface area is 195 Å². The van der Waals surface area contributed by atoms with Crippen molar-refractivity contribution in [3.63, 3.8) is 0 Å². The van der Waals surface area contributed by atoms with Gasteiger partial charge in [0.2, 0.25) is 0 Å². The topological polar surface area (TPSA) is 85.3 Å². The molecule has 0 saturated heterocycles. The molecular formula is C24H26F3NO6. The summed E-state index contributed by atoms with van der Waals surface area (Å²) in [6.07, 6.45) is 2.19. The lowest BCUT2D eigenvalue weighted by atomic mass is 9.96. The van der Waals surface area contributed by atoms with E-state index in [0.717, 1.165) is 7.11 Å². The molecule has 1 unspecified atom stereocenters. The maximum atomic E-state index is 12.6. The van der Waals surface area contributed by atoms with Crippen molar-refractivity contribution in [2.24, 2.45) is 0 Å². The highest BCUT2D eigenvalue weighted by molar-refractivity contribution is 6.07. The summed E-state index contributed by atoms with van der Waals surface area (Å²) in [5.41, 5.74) is 0.926. The first kappa shape index (κ1) is 26.7. The van der Waals surface area contributed by atoms with Crippen LogP contribution < -0.4 is 4.74 Å². The van der Waals surface area contributed by atoms with E-state index in [1.54, 1.807) is 23.1 Å². The number of allylic oxidation sites excluding steroid dienone is 2. The number of nitrogens with zero attached hydrogens (tertiary/aromatic N) is 1. The molecule has 1 N–H and O–H groups in total. The SMILES string of the molecule is C=CC1C=C(CCCO)C=C(C(=O)OC)C(C(=O)OC)=CN1Cc1cccc(OC(F)(F)F)c1. The molecule has 0 amide bonds. The van der Waals surface area contributed by atoms with Gasteiger partial charge in [0.25, 0.3) is 0 Å². The van der Waals surface area contributed by atoms with Crippen LogP contribution in [0.25, 0.3) is 0 Å². The fourth-order valence-corrected chi connectivity index (χ4v) is 3.34. The van der Waals surface area contributed by atoms with Crippen molar-refractivity contribution >= 4 is 11.9 Å². The van der Waals surface area contributed by atoms with E-state index in [0.29, 0.717) is 24.0 Å². The number of hydrogen-bond donors (Lipinski definition) is 1. The number of halogens is 3. The summed E-state index contributed by atoms with van der Waals surface area (Å²) < 4.78 is 51.6. The maximum Gasteiger partial charge on any atom is 0.573 e. The first-order valence-corrected chi connectivity index (χ1v) is 10.3. The van der Waals surface area contributed by atoms with Gasteiger partial charge in [0, 0.05) is 19.4 Å². The van der Waals surface area contributed by atoms with Crippen LogP contribution in [0.4, 0.5) is 13.2 Å². The fourth-order valence-electron chi connectivity index (χ4n) is 3.34. The van der Waals surface area contributed by atoms with Crippen LogP contribution >= 0.6 is 0 Å². The molecule has 0 aliphatic carbocycles. The van der Waals surface area contributed by atoms with Gasteiger partial charge >= 0.3 is 18.3 Å². The summed E-state index contributed by atoms with van der Waals surface area (Å²) in [5, 5.41) is 9.25. The van der Waals surface area contributed by atoms with Gasteiger partial charge in [-0.3, -0.25) is 0 Å². The Kier molecular flexibility index (Phi) is 9.49. The lowest BCUT2D eigenvalue weighted by molar-refractivity contribution is -0.274. The van der Waals surface area contributed by atoms with Crippen LogP contribution in [0.3, 0.4) is 0 Å². The van der Waals surface area contributed by atoms with Gasteiger partial charge in [-0.1, -0.05) is 24.3 Å². The molecule has 0 radical (unpaired) electrons. The van der Waals surface area contributed by atoms with Crippen LogP contribution in [-0.2, 0) is 25.6 Å². The zero-order valence-corrected chi connectivity index (χ0v) is 18.8. The number of benzene rings is 1. The normalized spacial score (nSPS) is 16.4. The van der Waals surface area contributed by atoms with E-state index in [1.165, 1.54) is 37.6 Å². The van der Waals surface area contributed by atoms with E-state index < -0.39 is 30.1 Å². The average Bonchev–Trinajstić information content (AvgIpc) is 2.78. The first-order valence-electron chi connectivity index (χ1n) is 10.3. The number of aliphatic hydroxyl groups excluding tert-OH is 1. The second-order valence-electron chi connectivity index (χ2n) is 7.25. The van der Waals surface area contributed by atoms with Crippen LogP contribution in [0.1, 0.15) is 18.4 Å². The summed E-state index contributed by atoms with van der Waals surface area (Å²) in [6.45, 7) is 3.78. The van der Waals surface area contributed by atoms with Gasteiger partial charge in [-0.15, -0.1) is 19.8 Å². The molecule has 1 atom stereocenters. The molecule has 0 fully saturated rings. The minimum absolute atomic E-state index is 0.0461. The van der Waals surface area contributed by atoms with Gasteiger partial charge in [-0.25, -0.2) is 9.59 Å². The molecule has 0 bridgehead atoms. The highest BCUT2D eigenvalue weighted by atomic mass is 19.4. The van der Waals surface area contributed by atoms with Crippen molar-refractivity contribution in [1.29, 1.82) is 0 Å². The summed E-state index contributed by atoms with van der Waals surface area (Å²) >= 11 is 0. The van der Waals surface area contributed by atoms with Crippen LogP contribution in [0.2, 0.25) is 0 Å². The lowest BCUT2D eigenvalue weighted by Crippen LogP contribution is -2.30. The first-order chi connectivity index (χ1) is 16.1. The van der Waals surface area contributed by atoms with Gasteiger partial charge in [-0.05, 0) is 42.2 Å². The van der Waals surface area contributed by atoms with E-state index in [2.05, 4.69) is 11.3 Å². The van der Waals surface area contributed by atoms with Gasteiger partial charge in [-0.2, -0.15) is 0 Å². The van der Waals surface area contributed by atoms with Crippen molar-refractivity contribution in [2.75, 3.05) is 20.8 Å². The number of methoxy groups -OCH3 is 2. The molecule has 1 aliphatic heterocycles. The Hall–Kier alpha value is -3.53. The second kappa shape index (κ2) is 12.1. The maximum absolute atomic E-state index is 12.6. The number of ether oxygens (including phenoxy) is 3. The Bertz CT molecular complexity index is 997. The third kappa shape index (κ3) is 7.51. The summed E-state index contributed by atoms with van der Waals surface area (Å²) in [7, 11) is 2.33. The number of alkyl halides is 3. The number of carbonyl (C=O) groups is 2. The van der Waals surface area contributed by atoms with Crippen LogP contribution in [0.5, 0.6) is 5.75 Å². The van der Waals surface area contributed by atoms with Gasteiger partial charge in [0.15, 0.2) is 0 Å². The summed E-state index contributed by atoms with van der Waals surface area (Å²) in [6, 6.07) is 4.91. The second-order valence-corrected chi connectivity index (χ2v) is 7.25. The highest BCUT2D eigenvalue weighted by Crippen LogP contribution is 2.28. The summed E-state index contributed by atoms with van der Waals surface area (Å²) in [4.78, 5) is 26.7. The smallest absolute Gasteiger partial charge is 0.465 e. The minimum atomic E-state index is -4.84. The van der Waals surface area contributed by atoms with Crippen molar-refractivity contribution in [1.82, 2.24) is 4.90 Å². The average molecular weight is 481 g/mol. The van der Waals surface area contributed by atoms with E-state index in [-0.39, 0.29) is 24.3 Å². The zero-order valence-electron chi connectivity index (χ0n) is 18.8. The molecule has 34 heavy (non-hydrogen) atoms. The highest BCUT2D eigenvalue weighted by Gasteiger charge is 2.31. The van der Waals surface area contributed by atoms with E-state index in [4.69, 9.17) is 9.47 Å². The number of esters is 2.